The van der Waals surface area contributed by atoms with E-state index in [4.69, 9.17) is 0 Å². The molecule has 0 aromatic rings. The van der Waals surface area contributed by atoms with Gasteiger partial charge in [0.25, 0.3) is 0 Å². The van der Waals surface area contributed by atoms with Gasteiger partial charge in [-0.2, -0.15) is 0 Å². The Bertz CT molecular complexity index is 150. The minimum Gasteiger partial charge on any atom is -0.346 e. The summed E-state index contributed by atoms with van der Waals surface area (Å²) in [6.45, 7) is 3.06. The van der Waals surface area contributed by atoms with Crippen LogP contribution in [0.3, 0.4) is 0 Å². The Morgan fingerprint density at radius 2 is 1.93 bits per heavy atom. The summed E-state index contributed by atoms with van der Waals surface area (Å²) in [6.07, 6.45) is 6.34. The number of carbonyl (C=O) groups excluding carboxylic acids is 1. The van der Waals surface area contributed by atoms with Crippen LogP contribution in [-0.2, 0) is 4.79 Å². The summed E-state index contributed by atoms with van der Waals surface area (Å²) in [5.74, 6) is 0.299. The average molecular weight is 264 g/mol. The molecule has 0 atom stereocenters. The highest BCUT2D eigenvalue weighted by Crippen LogP contribution is 2.04. The van der Waals surface area contributed by atoms with Gasteiger partial charge in [-0.05, 0) is 19.3 Å². The van der Waals surface area contributed by atoms with Crippen LogP contribution in [0, 0.1) is 0 Å². The van der Waals surface area contributed by atoms with E-state index in [0.717, 1.165) is 37.6 Å². The molecule has 0 N–H and O–H groups in total. The first-order chi connectivity index (χ1) is 6.72. The first kappa shape index (κ1) is 13.9. The number of hydrogen-bond donors (Lipinski definition) is 0. The van der Waals surface area contributed by atoms with Gasteiger partial charge in [0, 0.05) is 25.3 Å². The van der Waals surface area contributed by atoms with Crippen LogP contribution in [0.15, 0.2) is 0 Å². The van der Waals surface area contributed by atoms with Crippen LogP contribution in [0.25, 0.3) is 0 Å². The molecule has 0 aliphatic carbocycles. The molecule has 0 saturated heterocycles. The van der Waals surface area contributed by atoms with Gasteiger partial charge in [-0.3, -0.25) is 4.79 Å². The van der Waals surface area contributed by atoms with Gasteiger partial charge >= 0.3 is 0 Å². The Hall–Kier alpha value is -0.0500. The lowest BCUT2D eigenvalue weighted by molar-refractivity contribution is -0.130. The molecule has 0 bridgehead atoms. The van der Waals surface area contributed by atoms with E-state index < -0.39 is 0 Å². The summed E-state index contributed by atoms with van der Waals surface area (Å²) in [5, 5.41) is 1.05. The van der Waals surface area contributed by atoms with Crippen LogP contribution < -0.4 is 0 Å². The molecule has 0 aromatic heterocycles. The molecule has 14 heavy (non-hydrogen) atoms. The number of halogens is 1. The van der Waals surface area contributed by atoms with E-state index in [1.807, 2.05) is 11.9 Å². The molecule has 3 heteroatoms. The minimum absolute atomic E-state index is 0.299. The Labute approximate surface area is 96.2 Å². The van der Waals surface area contributed by atoms with Crippen molar-refractivity contribution in [3.63, 3.8) is 0 Å². The van der Waals surface area contributed by atoms with E-state index in [1.165, 1.54) is 6.42 Å². The largest absolute Gasteiger partial charge is 0.346 e. The monoisotopic (exact) mass is 263 g/mol. The maximum absolute atomic E-state index is 11.5. The number of alkyl halides is 1. The maximum Gasteiger partial charge on any atom is 0.222 e. The smallest absolute Gasteiger partial charge is 0.222 e. The van der Waals surface area contributed by atoms with Crippen LogP contribution in [0.2, 0.25) is 0 Å². The highest BCUT2D eigenvalue weighted by molar-refractivity contribution is 9.09. The minimum atomic E-state index is 0.299. The normalized spacial score (nSPS) is 10.2. The summed E-state index contributed by atoms with van der Waals surface area (Å²) in [5.41, 5.74) is 0. The lowest BCUT2D eigenvalue weighted by atomic mass is 10.2. The Kier molecular flexibility index (Phi) is 9.47. The van der Waals surface area contributed by atoms with Gasteiger partial charge in [0.1, 0.15) is 0 Å². The third kappa shape index (κ3) is 7.36. The number of carbonyl (C=O) groups is 1. The first-order valence-corrected chi connectivity index (χ1v) is 6.64. The molecule has 2 nitrogen and oxygen atoms in total. The topological polar surface area (TPSA) is 20.3 Å². The molecule has 0 unspecified atom stereocenters. The Morgan fingerprint density at radius 1 is 1.21 bits per heavy atom. The molecular weight excluding hydrogens is 242 g/mol. The van der Waals surface area contributed by atoms with Crippen LogP contribution in [0.4, 0.5) is 0 Å². The van der Waals surface area contributed by atoms with Crippen molar-refractivity contribution in [2.45, 2.75) is 45.4 Å². The lowest BCUT2D eigenvalue weighted by Gasteiger charge is -2.16. The summed E-state index contributed by atoms with van der Waals surface area (Å²) in [7, 11) is 1.91. The molecule has 0 rings (SSSR count). The van der Waals surface area contributed by atoms with Crippen molar-refractivity contribution in [2.24, 2.45) is 0 Å². The molecule has 0 aliphatic rings. The zero-order chi connectivity index (χ0) is 10.8. The van der Waals surface area contributed by atoms with Crippen LogP contribution in [0.1, 0.15) is 45.4 Å². The van der Waals surface area contributed by atoms with E-state index in [1.54, 1.807) is 0 Å². The molecule has 0 aliphatic heterocycles. The molecule has 0 aromatic carbocycles. The van der Waals surface area contributed by atoms with Crippen molar-refractivity contribution in [3.8, 4) is 0 Å². The number of hydrogen-bond acceptors (Lipinski definition) is 1. The molecule has 0 heterocycles. The molecule has 84 valence electrons. The number of rotatable bonds is 8. The third-order valence-electron chi connectivity index (χ3n) is 2.30. The maximum atomic E-state index is 11.5. The van der Waals surface area contributed by atoms with E-state index in [2.05, 4.69) is 22.9 Å². The van der Waals surface area contributed by atoms with Gasteiger partial charge < -0.3 is 4.90 Å². The fourth-order valence-corrected chi connectivity index (χ4v) is 1.65. The summed E-state index contributed by atoms with van der Waals surface area (Å²) in [4.78, 5) is 13.4. The summed E-state index contributed by atoms with van der Waals surface area (Å²) in [6, 6.07) is 0. The van der Waals surface area contributed by atoms with Gasteiger partial charge in [0.2, 0.25) is 5.91 Å². The van der Waals surface area contributed by atoms with E-state index >= 15 is 0 Å². The number of unbranched alkanes of at least 4 members (excludes halogenated alkanes) is 3. The zero-order valence-corrected chi connectivity index (χ0v) is 11.0. The molecule has 1 amide bonds. The van der Waals surface area contributed by atoms with Crippen LogP contribution in [-0.4, -0.2) is 29.7 Å². The number of amides is 1. The SMILES string of the molecule is CCCCN(C)C(=O)CCCCCBr. The van der Waals surface area contributed by atoms with E-state index in [0.29, 0.717) is 12.3 Å². The Balaban J connectivity index is 3.42. The van der Waals surface area contributed by atoms with Gasteiger partial charge in [0.15, 0.2) is 0 Å². The van der Waals surface area contributed by atoms with E-state index in [9.17, 15) is 4.79 Å². The number of nitrogens with zero attached hydrogens (tertiary/aromatic N) is 1. The quantitative estimate of drug-likeness (QED) is 0.487. The van der Waals surface area contributed by atoms with Gasteiger partial charge in [-0.25, -0.2) is 0 Å². The van der Waals surface area contributed by atoms with E-state index in [-0.39, 0.29) is 0 Å². The van der Waals surface area contributed by atoms with Crippen molar-refractivity contribution >= 4 is 21.8 Å². The van der Waals surface area contributed by atoms with Crippen molar-refractivity contribution in [1.29, 1.82) is 0 Å². The van der Waals surface area contributed by atoms with Gasteiger partial charge in [-0.15, -0.1) is 0 Å². The predicted molar refractivity (Wildman–Crippen MR) is 64.8 cm³/mol. The lowest BCUT2D eigenvalue weighted by Crippen LogP contribution is -2.27. The van der Waals surface area contributed by atoms with Crippen LogP contribution >= 0.6 is 15.9 Å². The third-order valence-corrected chi connectivity index (χ3v) is 2.86. The highest BCUT2D eigenvalue weighted by Gasteiger charge is 2.06. The summed E-state index contributed by atoms with van der Waals surface area (Å²) < 4.78 is 0. The Morgan fingerprint density at radius 3 is 2.50 bits per heavy atom. The van der Waals surface area contributed by atoms with Crippen molar-refractivity contribution in [3.05, 3.63) is 0 Å². The fourth-order valence-electron chi connectivity index (χ4n) is 1.26. The second-order valence-corrected chi connectivity index (χ2v) is 4.46. The molecule has 0 spiro atoms. The van der Waals surface area contributed by atoms with Gasteiger partial charge in [-0.1, -0.05) is 35.7 Å². The second kappa shape index (κ2) is 9.50. The fraction of sp³-hybridized carbons (Fsp3) is 0.909. The van der Waals surface area contributed by atoms with Gasteiger partial charge in [0.05, 0.1) is 0 Å². The standard InChI is InChI=1S/C11H22BrNO/c1-3-4-10-13(2)11(14)8-6-5-7-9-12/h3-10H2,1-2H3. The summed E-state index contributed by atoms with van der Waals surface area (Å²) >= 11 is 3.38. The van der Waals surface area contributed by atoms with Crippen molar-refractivity contribution in [2.75, 3.05) is 18.9 Å². The highest BCUT2D eigenvalue weighted by atomic mass is 79.9. The molecular formula is C11H22BrNO. The molecule has 0 saturated carbocycles. The zero-order valence-electron chi connectivity index (χ0n) is 9.39. The molecule has 0 radical (unpaired) electrons. The van der Waals surface area contributed by atoms with Crippen molar-refractivity contribution < 1.29 is 4.79 Å². The second-order valence-electron chi connectivity index (χ2n) is 3.67. The average Bonchev–Trinajstić information content (AvgIpc) is 2.20. The molecule has 0 fully saturated rings. The van der Waals surface area contributed by atoms with Crippen LogP contribution in [0.5, 0.6) is 0 Å². The van der Waals surface area contributed by atoms with Crippen molar-refractivity contribution in [1.82, 2.24) is 4.90 Å². The predicted octanol–water partition coefficient (Wildman–Crippen LogP) is 3.20. The first-order valence-electron chi connectivity index (χ1n) is 5.52.